The third kappa shape index (κ3) is 4.53. The molecular formula is C11H14ClN3O2S. The first-order valence-electron chi connectivity index (χ1n) is 5.39. The molecular weight excluding hydrogens is 274 g/mol. The highest BCUT2D eigenvalue weighted by Crippen LogP contribution is 2.19. The van der Waals surface area contributed by atoms with Crippen molar-refractivity contribution in [3.05, 3.63) is 28.8 Å². The van der Waals surface area contributed by atoms with E-state index in [1.807, 2.05) is 6.07 Å². The number of nitrogens with zero attached hydrogens (tertiary/aromatic N) is 1. The highest BCUT2D eigenvalue weighted by molar-refractivity contribution is 7.89. The SMILES string of the molecule is CCNS(=O)(=O)CCNc1ccc(Cl)cc1C#N. The predicted molar refractivity (Wildman–Crippen MR) is 72.1 cm³/mol. The second kappa shape index (κ2) is 6.59. The molecule has 0 fully saturated rings. The van der Waals surface area contributed by atoms with E-state index in [9.17, 15) is 8.42 Å². The summed E-state index contributed by atoms with van der Waals surface area (Å²) in [5, 5.41) is 12.3. The summed E-state index contributed by atoms with van der Waals surface area (Å²) >= 11 is 5.76. The van der Waals surface area contributed by atoms with Crippen LogP contribution in [0.1, 0.15) is 12.5 Å². The minimum Gasteiger partial charge on any atom is -0.383 e. The number of nitrogens with one attached hydrogen (secondary N) is 2. The fourth-order valence-corrected chi connectivity index (χ4v) is 2.50. The van der Waals surface area contributed by atoms with E-state index in [1.165, 1.54) is 6.07 Å². The lowest BCUT2D eigenvalue weighted by Gasteiger charge is -2.09. The van der Waals surface area contributed by atoms with Gasteiger partial charge in [0.25, 0.3) is 0 Å². The molecule has 1 rings (SSSR count). The van der Waals surface area contributed by atoms with Crippen LogP contribution < -0.4 is 10.0 Å². The minimum absolute atomic E-state index is 0.0473. The third-order valence-electron chi connectivity index (χ3n) is 2.15. The maximum absolute atomic E-state index is 11.4. The van der Waals surface area contributed by atoms with Gasteiger partial charge >= 0.3 is 0 Å². The van der Waals surface area contributed by atoms with Gasteiger partial charge in [-0.1, -0.05) is 18.5 Å². The highest BCUT2D eigenvalue weighted by atomic mass is 35.5. The molecule has 0 saturated heterocycles. The number of nitriles is 1. The molecule has 98 valence electrons. The van der Waals surface area contributed by atoms with Crippen LogP contribution in [-0.4, -0.2) is 27.3 Å². The molecule has 0 unspecified atom stereocenters. The van der Waals surface area contributed by atoms with Crippen LogP contribution in [0.25, 0.3) is 0 Å². The predicted octanol–water partition coefficient (Wildman–Crippen LogP) is 1.56. The fraction of sp³-hybridized carbons (Fsp3) is 0.364. The molecule has 0 amide bonds. The van der Waals surface area contributed by atoms with Gasteiger partial charge < -0.3 is 5.32 Å². The number of hydrogen-bond donors (Lipinski definition) is 2. The molecule has 1 aromatic rings. The van der Waals surface area contributed by atoms with Crippen LogP contribution in [0.4, 0.5) is 5.69 Å². The van der Waals surface area contributed by atoms with Gasteiger partial charge in [0.1, 0.15) is 6.07 Å². The molecule has 5 nitrogen and oxygen atoms in total. The third-order valence-corrected chi connectivity index (χ3v) is 3.86. The van der Waals surface area contributed by atoms with E-state index in [4.69, 9.17) is 16.9 Å². The Kier molecular flexibility index (Phi) is 5.41. The normalized spacial score (nSPS) is 10.9. The zero-order valence-electron chi connectivity index (χ0n) is 9.90. The molecule has 0 spiro atoms. The van der Waals surface area contributed by atoms with Gasteiger partial charge in [0.2, 0.25) is 10.0 Å². The first kappa shape index (κ1) is 14.8. The summed E-state index contributed by atoms with van der Waals surface area (Å²) in [5.74, 6) is -0.0473. The van der Waals surface area contributed by atoms with Crippen LogP contribution in [0.3, 0.4) is 0 Å². The van der Waals surface area contributed by atoms with E-state index in [-0.39, 0.29) is 12.3 Å². The Bertz CT molecular complexity index is 552. The topological polar surface area (TPSA) is 82.0 Å². The second-order valence-electron chi connectivity index (χ2n) is 3.55. The molecule has 0 aliphatic rings. The van der Waals surface area contributed by atoms with Crippen molar-refractivity contribution < 1.29 is 8.42 Å². The van der Waals surface area contributed by atoms with Crippen LogP contribution in [0.15, 0.2) is 18.2 Å². The quantitative estimate of drug-likeness (QED) is 0.832. The summed E-state index contributed by atoms with van der Waals surface area (Å²) in [6, 6.07) is 6.82. The number of halogens is 1. The Morgan fingerprint density at radius 3 is 2.78 bits per heavy atom. The summed E-state index contributed by atoms with van der Waals surface area (Å²) in [5.41, 5.74) is 0.969. The smallest absolute Gasteiger partial charge is 0.213 e. The fourth-order valence-electron chi connectivity index (χ4n) is 1.38. The molecule has 0 saturated carbocycles. The van der Waals surface area contributed by atoms with Crippen LogP contribution in [0.2, 0.25) is 5.02 Å². The Morgan fingerprint density at radius 1 is 1.44 bits per heavy atom. The zero-order chi connectivity index (χ0) is 13.6. The van der Waals surface area contributed by atoms with Crippen molar-refractivity contribution in [2.45, 2.75) is 6.92 Å². The molecule has 0 aromatic heterocycles. The summed E-state index contributed by atoms with van der Waals surface area (Å²) in [6.07, 6.45) is 0. The lowest BCUT2D eigenvalue weighted by molar-refractivity contribution is 0.584. The molecule has 0 atom stereocenters. The van der Waals surface area contributed by atoms with Crippen LogP contribution in [0, 0.1) is 11.3 Å². The van der Waals surface area contributed by atoms with Gasteiger partial charge in [-0.25, -0.2) is 13.1 Å². The van der Waals surface area contributed by atoms with Gasteiger partial charge in [0, 0.05) is 18.1 Å². The first-order valence-corrected chi connectivity index (χ1v) is 7.42. The largest absolute Gasteiger partial charge is 0.383 e. The zero-order valence-corrected chi connectivity index (χ0v) is 11.5. The lowest BCUT2D eigenvalue weighted by Crippen LogP contribution is -2.29. The van der Waals surface area contributed by atoms with Crippen molar-refractivity contribution in [2.24, 2.45) is 0 Å². The van der Waals surface area contributed by atoms with Crippen molar-refractivity contribution in [2.75, 3.05) is 24.2 Å². The highest BCUT2D eigenvalue weighted by Gasteiger charge is 2.08. The maximum Gasteiger partial charge on any atom is 0.213 e. The lowest BCUT2D eigenvalue weighted by atomic mass is 10.2. The molecule has 0 radical (unpaired) electrons. The van der Waals surface area contributed by atoms with E-state index >= 15 is 0 Å². The number of anilines is 1. The first-order chi connectivity index (χ1) is 8.48. The molecule has 7 heteroatoms. The monoisotopic (exact) mass is 287 g/mol. The van der Waals surface area contributed by atoms with Crippen molar-refractivity contribution in [1.29, 1.82) is 5.26 Å². The second-order valence-corrected chi connectivity index (χ2v) is 5.91. The van der Waals surface area contributed by atoms with Crippen molar-refractivity contribution in [3.63, 3.8) is 0 Å². The number of sulfonamides is 1. The average Bonchev–Trinajstić information content (AvgIpc) is 2.30. The van der Waals surface area contributed by atoms with Crippen LogP contribution in [0.5, 0.6) is 0 Å². The van der Waals surface area contributed by atoms with Gasteiger partial charge in [-0.05, 0) is 18.2 Å². The number of hydrogen-bond acceptors (Lipinski definition) is 4. The summed E-state index contributed by atoms with van der Waals surface area (Å²) in [4.78, 5) is 0. The Morgan fingerprint density at radius 2 is 2.17 bits per heavy atom. The number of benzene rings is 1. The summed E-state index contributed by atoms with van der Waals surface area (Å²) in [6.45, 7) is 2.32. The van der Waals surface area contributed by atoms with Crippen molar-refractivity contribution >= 4 is 27.3 Å². The van der Waals surface area contributed by atoms with Crippen LogP contribution >= 0.6 is 11.6 Å². The standard InChI is InChI=1S/C11H14ClN3O2S/c1-2-15-18(16,17)6-5-14-11-4-3-10(12)7-9(11)8-13/h3-4,7,14-15H,2,5-6H2,1H3. The average molecular weight is 288 g/mol. The molecule has 1 aromatic carbocycles. The molecule has 2 N–H and O–H groups in total. The van der Waals surface area contributed by atoms with Gasteiger partial charge in [0.05, 0.1) is 17.0 Å². The summed E-state index contributed by atoms with van der Waals surface area (Å²) in [7, 11) is -3.25. The van der Waals surface area contributed by atoms with Gasteiger partial charge in [-0.3, -0.25) is 0 Å². The van der Waals surface area contributed by atoms with E-state index in [0.717, 1.165) is 0 Å². The van der Waals surface area contributed by atoms with E-state index in [2.05, 4.69) is 10.0 Å². The van der Waals surface area contributed by atoms with Gasteiger partial charge in [-0.2, -0.15) is 5.26 Å². The maximum atomic E-state index is 11.4. The summed E-state index contributed by atoms with van der Waals surface area (Å²) < 4.78 is 25.2. The van der Waals surface area contributed by atoms with Crippen LogP contribution in [-0.2, 0) is 10.0 Å². The van der Waals surface area contributed by atoms with E-state index < -0.39 is 10.0 Å². The van der Waals surface area contributed by atoms with Gasteiger partial charge in [0.15, 0.2) is 0 Å². The van der Waals surface area contributed by atoms with E-state index in [1.54, 1.807) is 19.1 Å². The number of rotatable bonds is 6. The Hall–Kier alpha value is -1.29. The van der Waals surface area contributed by atoms with Crippen molar-refractivity contribution in [3.8, 4) is 6.07 Å². The molecule has 0 bridgehead atoms. The Labute approximate surface area is 112 Å². The molecule has 18 heavy (non-hydrogen) atoms. The van der Waals surface area contributed by atoms with Crippen molar-refractivity contribution in [1.82, 2.24) is 4.72 Å². The minimum atomic E-state index is -3.25. The molecule has 0 aliphatic heterocycles. The Balaban J connectivity index is 2.63. The molecule has 0 aliphatic carbocycles. The van der Waals surface area contributed by atoms with Gasteiger partial charge in [-0.15, -0.1) is 0 Å². The molecule has 0 heterocycles. The van der Waals surface area contributed by atoms with E-state index in [0.29, 0.717) is 22.8 Å².